The minimum Gasteiger partial charge on any atom is -0.370 e. The van der Waals surface area contributed by atoms with E-state index in [0.717, 1.165) is 24.4 Å². The average molecular weight is 408 g/mol. The molecule has 0 spiro atoms. The Morgan fingerprint density at radius 2 is 1.96 bits per heavy atom. The van der Waals surface area contributed by atoms with Crippen LogP contribution in [0.25, 0.3) is 0 Å². The molecule has 1 aromatic heterocycles. The molecule has 8 heteroatoms. The van der Waals surface area contributed by atoms with Crippen LogP contribution >= 0.6 is 11.6 Å². The molecule has 27 heavy (non-hydrogen) atoms. The van der Waals surface area contributed by atoms with Gasteiger partial charge in [0.1, 0.15) is 5.82 Å². The van der Waals surface area contributed by atoms with E-state index in [0.29, 0.717) is 11.4 Å². The van der Waals surface area contributed by atoms with E-state index in [1.807, 2.05) is 18.2 Å². The molecule has 1 aliphatic rings. The van der Waals surface area contributed by atoms with Gasteiger partial charge in [-0.3, -0.25) is 4.79 Å². The van der Waals surface area contributed by atoms with Crippen molar-refractivity contribution in [1.82, 2.24) is 9.88 Å². The number of carbonyl (C=O) groups is 1. The van der Waals surface area contributed by atoms with Gasteiger partial charge in [0, 0.05) is 30.9 Å². The van der Waals surface area contributed by atoms with Crippen LogP contribution in [0.15, 0.2) is 42.6 Å². The van der Waals surface area contributed by atoms with Crippen molar-refractivity contribution in [3.8, 4) is 0 Å². The highest BCUT2D eigenvalue weighted by molar-refractivity contribution is 7.91. The maximum absolute atomic E-state index is 12.4. The summed E-state index contributed by atoms with van der Waals surface area (Å²) in [6.07, 6.45) is 3.39. The zero-order valence-electron chi connectivity index (χ0n) is 14.9. The van der Waals surface area contributed by atoms with Crippen LogP contribution in [0.1, 0.15) is 22.3 Å². The third-order valence-corrected chi connectivity index (χ3v) is 6.32. The molecular formula is C19H22ClN3O3S. The first kappa shape index (κ1) is 19.6. The molecule has 0 bridgehead atoms. The van der Waals surface area contributed by atoms with Gasteiger partial charge in [0.15, 0.2) is 9.84 Å². The van der Waals surface area contributed by atoms with Crippen LogP contribution in [0.5, 0.6) is 0 Å². The second kappa shape index (κ2) is 8.71. The van der Waals surface area contributed by atoms with Gasteiger partial charge in [-0.15, -0.1) is 0 Å². The molecule has 0 unspecified atom stereocenters. The number of sulfone groups is 1. The smallest absolute Gasteiger partial charge is 0.255 e. The molecule has 2 heterocycles. The number of amides is 1. The molecule has 1 amide bonds. The fourth-order valence-electron chi connectivity index (χ4n) is 2.92. The van der Waals surface area contributed by atoms with Crippen molar-refractivity contribution in [2.45, 2.75) is 12.8 Å². The molecule has 1 saturated heterocycles. The topological polar surface area (TPSA) is 79.4 Å². The van der Waals surface area contributed by atoms with Gasteiger partial charge in [-0.2, -0.15) is 0 Å². The van der Waals surface area contributed by atoms with Gasteiger partial charge in [0.05, 0.1) is 17.1 Å². The van der Waals surface area contributed by atoms with E-state index in [1.54, 1.807) is 17.0 Å². The summed E-state index contributed by atoms with van der Waals surface area (Å²) in [5.41, 5.74) is 1.67. The molecular weight excluding hydrogens is 386 g/mol. The van der Waals surface area contributed by atoms with E-state index >= 15 is 0 Å². The number of aryl methyl sites for hydroxylation is 1. The fourth-order valence-corrected chi connectivity index (χ4v) is 4.34. The molecule has 6 nitrogen and oxygen atoms in total. The minimum atomic E-state index is -3.00. The third-order valence-electron chi connectivity index (χ3n) is 4.48. The predicted molar refractivity (Wildman–Crippen MR) is 107 cm³/mol. The predicted octanol–water partition coefficient (Wildman–Crippen LogP) is 2.65. The number of anilines is 1. The molecule has 0 aliphatic carbocycles. The Morgan fingerprint density at radius 3 is 2.63 bits per heavy atom. The van der Waals surface area contributed by atoms with Crippen molar-refractivity contribution >= 4 is 33.2 Å². The van der Waals surface area contributed by atoms with Gasteiger partial charge < -0.3 is 10.2 Å². The molecule has 1 N–H and O–H groups in total. The van der Waals surface area contributed by atoms with E-state index in [4.69, 9.17) is 11.6 Å². The van der Waals surface area contributed by atoms with Crippen molar-refractivity contribution in [2.75, 3.05) is 36.5 Å². The molecule has 1 aliphatic heterocycles. The lowest BCUT2D eigenvalue weighted by atomic mass is 10.1. The lowest BCUT2D eigenvalue weighted by molar-refractivity contribution is 0.0770. The van der Waals surface area contributed by atoms with Gasteiger partial charge in [-0.1, -0.05) is 23.7 Å². The molecule has 2 aromatic rings. The maximum Gasteiger partial charge on any atom is 0.255 e. The highest BCUT2D eigenvalue weighted by atomic mass is 35.5. The van der Waals surface area contributed by atoms with E-state index in [-0.39, 0.29) is 30.5 Å². The van der Waals surface area contributed by atoms with E-state index in [2.05, 4.69) is 16.4 Å². The van der Waals surface area contributed by atoms with Gasteiger partial charge in [0.25, 0.3) is 5.91 Å². The average Bonchev–Trinajstić information content (AvgIpc) is 2.65. The summed E-state index contributed by atoms with van der Waals surface area (Å²) in [5, 5.41) is 3.98. The lowest BCUT2D eigenvalue weighted by Crippen LogP contribution is -2.43. The summed E-state index contributed by atoms with van der Waals surface area (Å²) in [7, 11) is -3.00. The highest BCUT2D eigenvalue weighted by Crippen LogP contribution is 2.13. The molecule has 1 aromatic carbocycles. The number of pyridine rings is 1. The van der Waals surface area contributed by atoms with Crippen molar-refractivity contribution in [3.63, 3.8) is 0 Å². The summed E-state index contributed by atoms with van der Waals surface area (Å²) in [4.78, 5) is 18.3. The largest absolute Gasteiger partial charge is 0.370 e. The van der Waals surface area contributed by atoms with Gasteiger partial charge in [0.2, 0.25) is 0 Å². The Balaban J connectivity index is 1.46. The Hall–Kier alpha value is -2.12. The molecule has 144 valence electrons. The summed E-state index contributed by atoms with van der Waals surface area (Å²) in [6.45, 7) is 1.24. The van der Waals surface area contributed by atoms with Crippen LogP contribution in [0.3, 0.4) is 0 Å². The number of halogens is 1. The number of carbonyl (C=O) groups excluding carboxylic acids is 1. The molecule has 0 radical (unpaired) electrons. The van der Waals surface area contributed by atoms with Crippen LogP contribution in [-0.4, -0.2) is 55.3 Å². The number of nitrogens with one attached hydrogen (secondary N) is 1. The normalized spacial score (nSPS) is 16.1. The number of rotatable bonds is 6. The zero-order chi connectivity index (χ0) is 19.3. The first-order valence-electron chi connectivity index (χ1n) is 8.87. The van der Waals surface area contributed by atoms with Crippen molar-refractivity contribution in [1.29, 1.82) is 0 Å². The molecule has 1 fully saturated rings. The third kappa shape index (κ3) is 5.68. The van der Waals surface area contributed by atoms with Gasteiger partial charge in [-0.25, -0.2) is 13.4 Å². The minimum absolute atomic E-state index is 0.0262. The fraction of sp³-hybridized carbons (Fsp3) is 0.368. The van der Waals surface area contributed by atoms with Crippen molar-refractivity contribution < 1.29 is 13.2 Å². The standard InChI is InChI=1S/C19H22ClN3O3S/c20-17-5-1-3-15(13-17)4-2-8-21-18-7-6-16(14-22-18)19(24)23-9-11-27(25,26)12-10-23/h1,3,5-7,13-14H,2,4,8-12H2,(H,21,22). The summed E-state index contributed by atoms with van der Waals surface area (Å²) < 4.78 is 22.9. The number of aromatic nitrogens is 1. The van der Waals surface area contributed by atoms with E-state index in [9.17, 15) is 13.2 Å². The van der Waals surface area contributed by atoms with Gasteiger partial charge in [-0.05, 0) is 42.7 Å². The Bertz CT molecular complexity index is 887. The number of nitrogens with zero attached hydrogens (tertiary/aromatic N) is 2. The lowest BCUT2D eigenvalue weighted by Gasteiger charge is -2.26. The summed E-state index contributed by atoms with van der Waals surface area (Å²) >= 11 is 5.98. The van der Waals surface area contributed by atoms with Crippen LogP contribution in [-0.2, 0) is 16.3 Å². The monoisotopic (exact) mass is 407 g/mol. The van der Waals surface area contributed by atoms with Crippen LogP contribution in [0.4, 0.5) is 5.82 Å². The number of hydrogen-bond donors (Lipinski definition) is 1. The first-order chi connectivity index (χ1) is 12.9. The molecule has 3 rings (SSSR count). The maximum atomic E-state index is 12.4. The first-order valence-corrected chi connectivity index (χ1v) is 11.1. The van der Waals surface area contributed by atoms with Crippen LogP contribution in [0, 0.1) is 0 Å². The van der Waals surface area contributed by atoms with Crippen molar-refractivity contribution in [2.24, 2.45) is 0 Å². The number of benzene rings is 1. The van der Waals surface area contributed by atoms with E-state index < -0.39 is 9.84 Å². The summed E-state index contributed by atoms with van der Waals surface area (Å²) in [5.74, 6) is 0.584. The quantitative estimate of drug-likeness (QED) is 0.744. The molecule has 0 saturated carbocycles. The van der Waals surface area contributed by atoms with Crippen LogP contribution < -0.4 is 5.32 Å². The number of hydrogen-bond acceptors (Lipinski definition) is 5. The summed E-state index contributed by atoms with van der Waals surface area (Å²) in [6, 6.07) is 11.3. The second-order valence-corrected chi connectivity index (χ2v) is 9.28. The zero-order valence-corrected chi connectivity index (χ0v) is 16.5. The highest BCUT2D eigenvalue weighted by Gasteiger charge is 2.25. The Morgan fingerprint density at radius 1 is 1.19 bits per heavy atom. The van der Waals surface area contributed by atoms with Gasteiger partial charge >= 0.3 is 0 Å². The second-order valence-electron chi connectivity index (χ2n) is 6.54. The van der Waals surface area contributed by atoms with Crippen LogP contribution in [0.2, 0.25) is 5.02 Å². The SMILES string of the molecule is O=C(c1ccc(NCCCc2cccc(Cl)c2)nc1)N1CCS(=O)(=O)CC1. The van der Waals surface area contributed by atoms with Crippen molar-refractivity contribution in [3.05, 3.63) is 58.7 Å². The van der Waals surface area contributed by atoms with E-state index in [1.165, 1.54) is 11.8 Å². The Kier molecular flexibility index (Phi) is 6.34. The Labute approximate surface area is 164 Å². The molecule has 0 atom stereocenters.